The quantitative estimate of drug-likeness (QED) is 0.926. The number of hydrogen-bond donors (Lipinski definition) is 1. The number of rotatable bonds is 4. The van der Waals surface area contributed by atoms with E-state index in [1.807, 2.05) is 0 Å². The summed E-state index contributed by atoms with van der Waals surface area (Å²) >= 11 is 0. The third-order valence-electron chi connectivity index (χ3n) is 3.45. The zero-order valence-corrected chi connectivity index (χ0v) is 11.6. The molecule has 1 fully saturated rings. The van der Waals surface area contributed by atoms with E-state index in [4.69, 9.17) is 0 Å². The van der Waals surface area contributed by atoms with Crippen molar-refractivity contribution in [3.63, 3.8) is 0 Å². The normalized spacial score (nSPS) is 19.5. The van der Waals surface area contributed by atoms with Gasteiger partial charge in [-0.1, -0.05) is 12.1 Å². The fraction of sp³-hybridized carbons (Fsp3) is 0.500. The zero-order valence-electron chi connectivity index (χ0n) is 11.6. The van der Waals surface area contributed by atoms with E-state index in [0.29, 0.717) is 13.1 Å². The Morgan fingerprint density at radius 2 is 2.05 bits per heavy atom. The average Bonchev–Trinajstić information content (AvgIpc) is 2.87. The van der Waals surface area contributed by atoms with Crippen LogP contribution in [0.2, 0.25) is 0 Å². The number of carbonyl (C=O) groups excluding carboxylic acids is 1. The molecule has 4 nitrogen and oxygen atoms in total. The van der Waals surface area contributed by atoms with Gasteiger partial charge in [-0.3, -0.25) is 9.69 Å². The van der Waals surface area contributed by atoms with Crippen LogP contribution < -0.4 is 10.1 Å². The van der Waals surface area contributed by atoms with Crippen LogP contribution in [0.25, 0.3) is 0 Å². The lowest BCUT2D eigenvalue weighted by molar-refractivity contribution is -0.274. The molecule has 0 aromatic heterocycles. The first-order valence-corrected chi connectivity index (χ1v) is 6.66. The molecule has 1 heterocycles. The largest absolute Gasteiger partial charge is 0.573 e. The predicted octanol–water partition coefficient (Wildman–Crippen LogP) is 2.15. The van der Waals surface area contributed by atoms with E-state index in [1.165, 1.54) is 12.1 Å². The van der Waals surface area contributed by atoms with Gasteiger partial charge in [-0.15, -0.1) is 13.2 Å². The van der Waals surface area contributed by atoms with Crippen LogP contribution in [0.5, 0.6) is 5.75 Å². The minimum absolute atomic E-state index is 0.0113. The van der Waals surface area contributed by atoms with Gasteiger partial charge < -0.3 is 10.1 Å². The van der Waals surface area contributed by atoms with Crippen LogP contribution in [-0.4, -0.2) is 37.3 Å². The highest BCUT2D eigenvalue weighted by atomic mass is 19.4. The Balaban J connectivity index is 1.88. The molecule has 0 aliphatic carbocycles. The molecule has 1 saturated heterocycles. The number of nitrogens with zero attached hydrogens (tertiary/aromatic N) is 1. The van der Waals surface area contributed by atoms with Crippen molar-refractivity contribution in [2.24, 2.45) is 5.92 Å². The summed E-state index contributed by atoms with van der Waals surface area (Å²) in [5.74, 6) is -0.204. The molecule has 0 bridgehead atoms. The number of ether oxygens (including phenoxy) is 1. The molecular formula is C14H17F3N2O2. The summed E-state index contributed by atoms with van der Waals surface area (Å²) in [5.41, 5.74) is 0.891. The second kappa shape index (κ2) is 6.34. The Morgan fingerprint density at radius 3 is 2.62 bits per heavy atom. The second-order valence-corrected chi connectivity index (χ2v) is 5.03. The number of nitrogens with one attached hydrogen (secondary N) is 1. The van der Waals surface area contributed by atoms with Crippen molar-refractivity contribution in [3.8, 4) is 5.75 Å². The first-order valence-electron chi connectivity index (χ1n) is 6.66. The molecule has 21 heavy (non-hydrogen) atoms. The Bertz CT molecular complexity index is 488. The van der Waals surface area contributed by atoms with E-state index in [2.05, 4.69) is 15.0 Å². The molecule has 116 valence electrons. The number of carbonyl (C=O) groups is 1. The highest BCUT2D eigenvalue weighted by molar-refractivity contribution is 5.78. The molecule has 0 saturated carbocycles. The lowest BCUT2D eigenvalue weighted by atomic mass is 10.1. The van der Waals surface area contributed by atoms with Gasteiger partial charge in [-0.05, 0) is 30.7 Å². The van der Waals surface area contributed by atoms with Crippen LogP contribution in [0.15, 0.2) is 24.3 Å². The summed E-state index contributed by atoms with van der Waals surface area (Å²) in [5, 5.41) is 2.63. The average molecular weight is 302 g/mol. The van der Waals surface area contributed by atoms with Crippen molar-refractivity contribution < 1.29 is 22.7 Å². The number of amides is 1. The molecule has 1 aliphatic rings. The lowest BCUT2D eigenvalue weighted by Crippen LogP contribution is -2.30. The van der Waals surface area contributed by atoms with Crippen LogP contribution in [0, 0.1) is 5.92 Å². The molecule has 1 aromatic carbocycles. The number of halogens is 3. The Hall–Kier alpha value is -1.76. The smallest absolute Gasteiger partial charge is 0.406 e. The maximum atomic E-state index is 12.1. The number of alkyl halides is 3. The molecule has 7 heteroatoms. The summed E-state index contributed by atoms with van der Waals surface area (Å²) in [6.07, 6.45) is -3.87. The van der Waals surface area contributed by atoms with Crippen molar-refractivity contribution in [1.82, 2.24) is 10.2 Å². The number of likely N-dealkylation sites (tertiary alicyclic amines) is 1. The maximum absolute atomic E-state index is 12.1. The Kier molecular flexibility index (Phi) is 4.72. The van der Waals surface area contributed by atoms with Gasteiger partial charge in [-0.25, -0.2) is 0 Å². The van der Waals surface area contributed by atoms with Crippen molar-refractivity contribution >= 4 is 5.91 Å². The van der Waals surface area contributed by atoms with E-state index in [-0.39, 0.29) is 17.6 Å². The minimum atomic E-state index is -4.67. The summed E-state index contributed by atoms with van der Waals surface area (Å²) in [4.78, 5) is 13.6. The van der Waals surface area contributed by atoms with Crippen LogP contribution in [0.4, 0.5) is 13.2 Å². The molecular weight excluding hydrogens is 285 g/mol. The molecule has 1 aliphatic heterocycles. The standard InChI is InChI=1S/C14H17F3N2O2/c1-18-13(20)11-6-7-19(9-11)8-10-2-4-12(5-3-10)21-14(15,16)17/h2-5,11H,6-9H2,1H3,(H,18,20). The van der Waals surface area contributed by atoms with Crippen molar-refractivity contribution in [3.05, 3.63) is 29.8 Å². The topological polar surface area (TPSA) is 41.6 Å². The fourth-order valence-corrected chi connectivity index (χ4v) is 2.45. The summed E-state index contributed by atoms with van der Waals surface area (Å²) in [6, 6.07) is 5.81. The van der Waals surface area contributed by atoms with Gasteiger partial charge in [-0.2, -0.15) is 0 Å². The van der Waals surface area contributed by atoms with E-state index >= 15 is 0 Å². The summed E-state index contributed by atoms with van der Waals surface area (Å²) in [6.45, 7) is 2.08. The van der Waals surface area contributed by atoms with E-state index in [9.17, 15) is 18.0 Å². The van der Waals surface area contributed by atoms with Crippen LogP contribution in [0.1, 0.15) is 12.0 Å². The summed E-state index contributed by atoms with van der Waals surface area (Å²) in [7, 11) is 1.62. The molecule has 0 radical (unpaired) electrons. The third-order valence-corrected chi connectivity index (χ3v) is 3.45. The first kappa shape index (κ1) is 15.6. The maximum Gasteiger partial charge on any atom is 0.573 e. The summed E-state index contributed by atoms with van der Waals surface area (Å²) < 4.78 is 40.0. The van der Waals surface area contributed by atoms with Gasteiger partial charge in [0.2, 0.25) is 5.91 Å². The van der Waals surface area contributed by atoms with Crippen molar-refractivity contribution in [1.29, 1.82) is 0 Å². The van der Waals surface area contributed by atoms with Gasteiger partial charge in [0.15, 0.2) is 0 Å². The predicted molar refractivity (Wildman–Crippen MR) is 70.6 cm³/mol. The van der Waals surface area contributed by atoms with E-state index in [0.717, 1.165) is 18.5 Å². The van der Waals surface area contributed by atoms with Gasteiger partial charge in [0.1, 0.15) is 5.75 Å². The molecule has 1 amide bonds. The highest BCUT2D eigenvalue weighted by Crippen LogP contribution is 2.24. The van der Waals surface area contributed by atoms with Gasteiger partial charge >= 0.3 is 6.36 Å². The molecule has 1 atom stereocenters. The van der Waals surface area contributed by atoms with Gasteiger partial charge in [0.25, 0.3) is 0 Å². The Morgan fingerprint density at radius 1 is 1.38 bits per heavy atom. The van der Waals surface area contributed by atoms with Crippen LogP contribution in [0.3, 0.4) is 0 Å². The van der Waals surface area contributed by atoms with Crippen molar-refractivity contribution in [2.75, 3.05) is 20.1 Å². The minimum Gasteiger partial charge on any atom is -0.406 e. The Labute approximate surface area is 120 Å². The van der Waals surface area contributed by atoms with Crippen LogP contribution >= 0.6 is 0 Å². The lowest BCUT2D eigenvalue weighted by Gasteiger charge is -2.16. The SMILES string of the molecule is CNC(=O)C1CCN(Cc2ccc(OC(F)(F)F)cc2)C1. The fourth-order valence-electron chi connectivity index (χ4n) is 2.45. The second-order valence-electron chi connectivity index (χ2n) is 5.03. The molecule has 1 N–H and O–H groups in total. The van der Waals surface area contributed by atoms with Crippen molar-refractivity contribution in [2.45, 2.75) is 19.3 Å². The first-order chi connectivity index (χ1) is 9.87. The van der Waals surface area contributed by atoms with E-state index in [1.54, 1.807) is 19.2 Å². The number of hydrogen-bond acceptors (Lipinski definition) is 3. The number of benzene rings is 1. The molecule has 2 rings (SSSR count). The molecule has 1 aromatic rings. The molecule has 0 spiro atoms. The third kappa shape index (κ3) is 4.63. The zero-order chi connectivity index (χ0) is 15.5. The molecule has 1 unspecified atom stereocenters. The van der Waals surface area contributed by atoms with Gasteiger partial charge in [0.05, 0.1) is 5.92 Å². The van der Waals surface area contributed by atoms with Gasteiger partial charge in [0, 0.05) is 20.1 Å². The highest BCUT2D eigenvalue weighted by Gasteiger charge is 2.31. The van der Waals surface area contributed by atoms with E-state index < -0.39 is 6.36 Å². The van der Waals surface area contributed by atoms with Crippen LogP contribution in [-0.2, 0) is 11.3 Å². The monoisotopic (exact) mass is 302 g/mol.